The lowest BCUT2D eigenvalue weighted by molar-refractivity contribution is 0.0701. The van der Waals surface area contributed by atoms with Crippen LogP contribution in [0.2, 0.25) is 5.02 Å². The number of benzene rings is 1. The van der Waals surface area contributed by atoms with Gasteiger partial charge in [-0.3, -0.25) is 0 Å². The van der Waals surface area contributed by atoms with Gasteiger partial charge in [-0.15, -0.1) is 11.3 Å². The Morgan fingerprint density at radius 1 is 1.44 bits per heavy atom. The Balaban J connectivity index is 2.11. The Morgan fingerprint density at radius 3 is 2.89 bits per heavy atom. The number of carbonyl (C=O) groups is 1. The van der Waals surface area contributed by atoms with Gasteiger partial charge in [-0.2, -0.15) is 0 Å². The zero-order valence-corrected chi connectivity index (χ0v) is 10.7. The average molecular weight is 286 g/mol. The van der Waals surface area contributed by atoms with Crippen molar-refractivity contribution in [3.8, 4) is 0 Å². The molecule has 1 aromatic carbocycles. The lowest BCUT2D eigenvalue weighted by Gasteiger charge is -2.06. The summed E-state index contributed by atoms with van der Waals surface area (Å²) < 4.78 is 13.1. The number of hydrogen-bond acceptors (Lipinski definition) is 3. The van der Waals surface area contributed by atoms with E-state index in [4.69, 9.17) is 16.7 Å². The molecule has 6 heteroatoms. The van der Waals surface area contributed by atoms with Crippen LogP contribution in [0.1, 0.15) is 15.2 Å². The van der Waals surface area contributed by atoms with Crippen LogP contribution in [0.4, 0.5) is 10.1 Å². The summed E-state index contributed by atoms with van der Waals surface area (Å²) in [5.74, 6) is -1.40. The van der Waals surface area contributed by atoms with Crippen molar-refractivity contribution >= 4 is 34.6 Å². The number of carboxylic acid groups (broad SMARTS) is 1. The summed E-state index contributed by atoms with van der Waals surface area (Å²) in [5, 5.41) is 13.9. The molecule has 0 unspecified atom stereocenters. The van der Waals surface area contributed by atoms with Crippen molar-refractivity contribution in [2.24, 2.45) is 0 Å². The molecule has 3 nitrogen and oxygen atoms in total. The molecule has 0 bridgehead atoms. The maximum absolute atomic E-state index is 13.1. The van der Waals surface area contributed by atoms with Crippen molar-refractivity contribution in [1.29, 1.82) is 0 Å². The SMILES string of the molecule is O=C(O)c1sccc1CNc1cc(F)cc(Cl)c1. The quantitative estimate of drug-likeness (QED) is 0.897. The van der Waals surface area contributed by atoms with Crippen LogP contribution in [0.25, 0.3) is 0 Å². The van der Waals surface area contributed by atoms with Gasteiger partial charge in [0.25, 0.3) is 0 Å². The van der Waals surface area contributed by atoms with Gasteiger partial charge >= 0.3 is 5.97 Å². The van der Waals surface area contributed by atoms with Gasteiger partial charge in [0.15, 0.2) is 0 Å². The highest BCUT2D eigenvalue weighted by atomic mass is 35.5. The number of hydrogen-bond donors (Lipinski definition) is 2. The van der Waals surface area contributed by atoms with Crippen LogP contribution in [0, 0.1) is 5.82 Å². The molecule has 2 aromatic rings. The molecule has 0 saturated carbocycles. The molecule has 0 fully saturated rings. The van der Waals surface area contributed by atoms with Crippen LogP contribution in [0.5, 0.6) is 0 Å². The fourth-order valence-electron chi connectivity index (χ4n) is 1.52. The second kappa shape index (κ2) is 5.37. The highest BCUT2D eigenvalue weighted by molar-refractivity contribution is 7.12. The minimum atomic E-state index is -0.959. The summed E-state index contributed by atoms with van der Waals surface area (Å²) in [7, 11) is 0. The minimum Gasteiger partial charge on any atom is -0.477 e. The maximum Gasteiger partial charge on any atom is 0.346 e. The number of thiophene rings is 1. The predicted molar refractivity (Wildman–Crippen MR) is 70.0 cm³/mol. The van der Waals surface area contributed by atoms with Gasteiger partial charge in [-0.25, -0.2) is 9.18 Å². The van der Waals surface area contributed by atoms with E-state index in [0.29, 0.717) is 22.8 Å². The van der Waals surface area contributed by atoms with Crippen molar-refractivity contribution in [3.63, 3.8) is 0 Å². The second-order valence-electron chi connectivity index (χ2n) is 3.59. The third-order valence-corrected chi connectivity index (χ3v) is 3.45. The Labute approximate surface area is 112 Å². The van der Waals surface area contributed by atoms with Gasteiger partial charge in [0.05, 0.1) is 0 Å². The van der Waals surface area contributed by atoms with Crippen molar-refractivity contribution in [2.45, 2.75) is 6.54 Å². The minimum absolute atomic E-state index is 0.282. The van der Waals surface area contributed by atoms with Gasteiger partial charge in [0.2, 0.25) is 0 Å². The summed E-state index contributed by atoms with van der Waals surface area (Å²) in [6.07, 6.45) is 0. The normalized spacial score (nSPS) is 10.3. The highest BCUT2D eigenvalue weighted by Gasteiger charge is 2.11. The molecule has 0 aliphatic rings. The molecule has 18 heavy (non-hydrogen) atoms. The van der Waals surface area contributed by atoms with E-state index in [2.05, 4.69) is 5.32 Å². The molecule has 2 rings (SSSR count). The fourth-order valence-corrected chi connectivity index (χ4v) is 2.50. The van der Waals surface area contributed by atoms with E-state index in [1.165, 1.54) is 12.1 Å². The number of nitrogens with one attached hydrogen (secondary N) is 1. The lowest BCUT2D eigenvalue weighted by Crippen LogP contribution is -2.04. The number of carboxylic acids is 1. The predicted octanol–water partition coefficient (Wildman–Crippen LogP) is 3.85. The van der Waals surface area contributed by atoms with Gasteiger partial charge in [0.1, 0.15) is 10.7 Å². The molecule has 0 aliphatic carbocycles. The third kappa shape index (κ3) is 3.00. The smallest absolute Gasteiger partial charge is 0.346 e. The summed E-state index contributed by atoms with van der Waals surface area (Å²) in [4.78, 5) is 11.2. The van der Waals surface area contributed by atoms with Crippen LogP contribution in [-0.2, 0) is 6.54 Å². The Kier molecular flexibility index (Phi) is 3.84. The summed E-state index contributed by atoms with van der Waals surface area (Å²) in [6, 6.07) is 5.82. The molecule has 0 radical (unpaired) electrons. The molecular formula is C12H9ClFNO2S. The molecule has 94 valence electrons. The van der Waals surface area contributed by atoms with Crippen LogP contribution >= 0.6 is 22.9 Å². The van der Waals surface area contributed by atoms with Crippen LogP contribution < -0.4 is 5.32 Å². The van der Waals surface area contributed by atoms with E-state index in [-0.39, 0.29) is 4.88 Å². The Morgan fingerprint density at radius 2 is 2.22 bits per heavy atom. The summed E-state index contributed by atoms with van der Waals surface area (Å²) in [6.45, 7) is 0.310. The number of rotatable bonds is 4. The van der Waals surface area contributed by atoms with E-state index in [1.807, 2.05) is 0 Å². The molecule has 0 amide bonds. The third-order valence-electron chi connectivity index (χ3n) is 2.29. The van der Waals surface area contributed by atoms with Crippen LogP contribution in [0.15, 0.2) is 29.6 Å². The monoisotopic (exact) mass is 285 g/mol. The highest BCUT2D eigenvalue weighted by Crippen LogP contribution is 2.21. The summed E-state index contributed by atoms with van der Waals surface area (Å²) in [5.41, 5.74) is 1.18. The molecule has 0 atom stereocenters. The first kappa shape index (κ1) is 12.9. The standard InChI is InChI=1S/C12H9ClFNO2S/c13-8-3-9(14)5-10(4-8)15-6-7-1-2-18-11(7)12(16)17/h1-5,15H,6H2,(H,16,17). The van der Waals surface area contributed by atoms with Crippen molar-refractivity contribution in [1.82, 2.24) is 0 Å². The number of anilines is 1. The molecular weight excluding hydrogens is 277 g/mol. The Hall–Kier alpha value is -1.59. The first-order valence-electron chi connectivity index (χ1n) is 5.06. The van der Waals surface area contributed by atoms with Crippen LogP contribution in [0.3, 0.4) is 0 Å². The molecule has 2 N–H and O–H groups in total. The molecule has 1 heterocycles. The first-order valence-corrected chi connectivity index (χ1v) is 6.31. The van der Waals surface area contributed by atoms with Crippen molar-refractivity contribution in [3.05, 3.63) is 50.9 Å². The molecule has 1 aromatic heterocycles. The summed E-state index contributed by atoms with van der Waals surface area (Å²) >= 11 is 6.88. The van der Waals surface area contributed by atoms with Crippen molar-refractivity contribution < 1.29 is 14.3 Å². The molecule has 0 spiro atoms. The van der Waals surface area contributed by atoms with E-state index < -0.39 is 11.8 Å². The topological polar surface area (TPSA) is 49.3 Å². The maximum atomic E-state index is 13.1. The number of aromatic carboxylic acids is 1. The van der Waals surface area contributed by atoms with Gasteiger partial charge in [-0.05, 0) is 35.2 Å². The van der Waals surface area contributed by atoms with E-state index in [1.54, 1.807) is 17.5 Å². The first-order chi connectivity index (χ1) is 8.56. The van der Waals surface area contributed by atoms with E-state index >= 15 is 0 Å². The van der Waals surface area contributed by atoms with E-state index in [0.717, 1.165) is 11.3 Å². The number of halogens is 2. The zero-order chi connectivity index (χ0) is 13.1. The van der Waals surface area contributed by atoms with E-state index in [9.17, 15) is 9.18 Å². The lowest BCUT2D eigenvalue weighted by atomic mass is 10.2. The molecule has 0 saturated heterocycles. The van der Waals surface area contributed by atoms with Gasteiger partial charge in [0, 0.05) is 17.3 Å². The van der Waals surface area contributed by atoms with Crippen molar-refractivity contribution in [2.75, 3.05) is 5.32 Å². The van der Waals surface area contributed by atoms with Crippen LogP contribution in [-0.4, -0.2) is 11.1 Å². The second-order valence-corrected chi connectivity index (χ2v) is 4.94. The fraction of sp³-hybridized carbons (Fsp3) is 0.0833. The van der Waals surface area contributed by atoms with Gasteiger partial charge < -0.3 is 10.4 Å². The zero-order valence-electron chi connectivity index (χ0n) is 9.11. The largest absolute Gasteiger partial charge is 0.477 e. The van der Waals surface area contributed by atoms with Gasteiger partial charge in [-0.1, -0.05) is 11.6 Å². The Bertz CT molecular complexity index is 565. The molecule has 0 aliphatic heterocycles. The average Bonchev–Trinajstić information content (AvgIpc) is 2.73.